The van der Waals surface area contributed by atoms with Crippen LogP contribution in [0.5, 0.6) is 0 Å². The molecule has 0 N–H and O–H groups in total. The van der Waals surface area contributed by atoms with E-state index in [-0.39, 0.29) is 35.2 Å². The molecule has 0 aliphatic carbocycles. The third kappa shape index (κ3) is 6.32. The van der Waals surface area contributed by atoms with Gasteiger partial charge in [-0.25, -0.2) is 0 Å². The first kappa shape index (κ1) is 31.2. The van der Waals surface area contributed by atoms with Crippen molar-refractivity contribution in [2.24, 2.45) is 17.8 Å². The molecule has 5 rings (SSSR count). The van der Waals surface area contributed by atoms with E-state index in [1.807, 2.05) is 0 Å². The summed E-state index contributed by atoms with van der Waals surface area (Å²) in [6.45, 7) is 17.2. The van der Waals surface area contributed by atoms with Crippen LogP contribution in [0.1, 0.15) is 66.9 Å². The zero-order valence-corrected chi connectivity index (χ0v) is 27.6. The van der Waals surface area contributed by atoms with Gasteiger partial charge < -0.3 is 18.6 Å². The second kappa shape index (κ2) is 12.8. The van der Waals surface area contributed by atoms with Crippen molar-refractivity contribution in [3.05, 3.63) is 96.6 Å². The van der Waals surface area contributed by atoms with Crippen LogP contribution in [0.2, 0.25) is 5.04 Å². The van der Waals surface area contributed by atoms with Crippen LogP contribution in [0.25, 0.3) is 0 Å². The molecule has 4 nitrogen and oxygen atoms in total. The van der Waals surface area contributed by atoms with Crippen molar-refractivity contribution in [3.63, 3.8) is 0 Å². The quantitative estimate of drug-likeness (QED) is 0.220. The third-order valence-corrected chi connectivity index (χ3v) is 14.6. The van der Waals surface area contributed by atoms with Crippen LogP contribution in [0.15, 0.2) is 91.0 Å². The Morgan fingerprint density at radius 1 is 0.857 bits per heavy atom. The molecular formula is C37H50O4Si. The Bertz CT molecular complexity index is 1220. The summed E-state index contributed by atoms with van der Waals surface area (Å²) in [6.07, 6.45) is 2.27. The SMILES string of the molecule is C[C@H]([C@H](OCc1ccccc1)[C@H](C)CO[Si](c1ccccc1)(c1ccccc1)C(C)(C)C)[C@@H]1O[C@@]2(C)CCC(O2)[C@H]1C. The molecule has 7 atom stereocenters. The Labute approximate surface area is 254 Å². The van der Waals surface area contributed by atoms with E-state index >= 15 is 0 Å². The van der Waals surface area contributed by atoms with E-state index in [0.29, 0.717) is 19.1 Å². The minimum absolute atomic E-state index is 0.0445. The van der Waals surface area contributed by atoms with E-state index in [4.69, 9.17) is 18.6 Å². The fraction of sp³-hybridized carbons (Fsp3) is 0.514. The molecule has 1 unspecified atom stereocenters. The van der Waals surface area contributed by atoms with Crippen molar-refractivity contribution in [2.75, 3.05) is 6.61 Å². The molecule has 2 saturated heterocycles. The summed E-state index contributed by atoms with van der Waals surface area (Å²) in [6, 6.07) is 32.3. The van der Waals surface area contributed by atoms with Gasteiger partial charge in [0.2, 0.25) is 0 Å². The highest BCUT2D eigenvalue weighted by Gasteiger charge is 2.53. The van der Waals surface area contributed by atoms with Crippen LogP contribution in [0.3, 0.4) is 0 Å². The second-order valence-electron chi connectivity index (χ2n) is 13.8. The van der Waals surface area contributed by atoms with Gasteiger partial charge >= 0.3 is 0 Å². The van der Waals surface area contributed by atoms with Gasteiger partial charge in [-0.3, -0.25) is 0 Å². The van der Waals surface area contributed by atoms with Crippen molar-refractivity contribution >= 4 is 18.7 Å². The molecule has 2 aliphatic heterocycles. The molecule has 2 bridgehead atoms. The van der Waals surface area contributed by atoms with E-state index in [9.17, 15) is 0 Å². The highest BCUT2D eigenvalue weighted by Crippen LogP contribution is 2.46. The molecule has 0 amide bonds. The van der Waals surface area contributed by atoms with Crippen molar-refractivity contribution < 1.29 is 18.6 Å². The zero-order valence-electron chi connectivity index (χ0n) is 26.6. The lowest BCUT2D eigenvalue weighted by molar-refractivity contribution is -0.310. The van der Waals surface area contributed by atoms with Gasteiger partial charge in [-0.15, -0.1) is 0 Å². The summed E-state index contributed by atoms with van der Waals surface area (Å²) in [4.78, 5) is 0. The zero-order chi connectivity index (χ0) is 30.0. The number of hydrogen-bond acceptors (Lipinski definition) is 4. The topological polar surface area (TPSA) is 36.9 Å². The van der Waals surface area contributed by atoms with Crippen molar-refractivity contribution in [1.29, 1.82) is 0 Å². The second-order valence-corrected chi connectivity index (χ2v) is 18.1. The molecule has 2 fully saturated rings. The standard InChI is InChI=1S/C37H50O4Si/c1-27(25-39-42(36(4,5)6,31-19-13-9-14-20-31)32-21-15-10-16-22-32)34(38-26-30-17-11-8-12-18-30)29(3)35-28(2)33-23-24-37(7,40-33)41-35/h8-22,27-29,33-35H,23-26H2,1-7H3/t27-,28-,29-,33?,34-,35-,37+/m1/s1. The van der Waals surface area contributed by atoms with Gasteiger partial charge in [-0.05, 0) is 34.3 Å². The van der Waals surface area contributed by atoms with E-state index in [1.165, 1.54) is 15.9 Å². The predicted octanol–water partition coefficient (Wildman–Crippen LogP) is 7.35. The average molecular weight is 587 g/mol. The lowest BCUT2D eigenvalue weighted by atomic mass is 9.81. The van der Waals surface area contributed by atoms with Gasteiger partial charge in [-0.2, -0.15) is 0 Å². The summed E-state index contributed by atoms with van der Waals surface area (Å²) >= 11 is 0. The summed E-state index contributed by atoms with van der Waals surface area (Å²) in [5.74, 6) is 0.136. The van der Waals surface area contributed by atoms with Crippen molar-refractivity contribution in [2.45, 2.75) is 97.1 Å². The van der Waals surface area contributed by atoms with E-state index in [1.54, 1.807) is 0 Å². The number of hydrogen-bond donors (Lipinski definition) is 0. The van der Waals surface area contributed by atoms with Crippen LogP contribution in [0.4, 0.5) is 0 Å². The smallest absolute Gasteiger partial charge is 0.261 e. The maximum Gasteiger partial charge on any atom is 0.261 e. The molecule has 3 aromatic rings. The van der Waals surface area contributed by atoms with E-state index < -0.39 is 14.1 Å². The number of ether oxygens (including phenoxy) is 3. The maximum atomic E-state index is 7.39. The van der Waals surface area contributed by atoms with Gasteiger partial charge in [0, 0.05) is 30.8 Å². The minimum Gasteiger partial charge on any atom is -0.407 e. The fourth-order valence-electron chi connectivity index (χ4n) is 7.39. The summed E-state index contributed by atoms with van der Waals surface area (Å²) in [5, 5.41) is 2.53. The highest BCUT2D eigenvalue weighted by atomic mass is 28.4. The molecular weight excluding hydrogens is 536 g/mol. The molecule has 5 heteroatoms. The first-order valence-electron chi connectivity index (χ1n) is 15.8. The molecule has 0 aromatic heterocycles. The Morgan fingerprint density at radius 3 is 1.95 bits per heavy atom. The molecule has 3 aromatic carbocycles. The van der Waals surface area contributed by atoms with Crippen LogP contribution >= 0.6 is 0 Å². The lowest BCUT2D eigenvalue weighted by Crippen LogP contribution is -2.67. The van der Waals surface area contributed by atoms with Gasteiger partial charge in [-0.1, -0.05) is 133 Å². The summed E-state index contributed by atoms with van der Waals surface area (Å²) < 4.78 is 27.3. The average Bonchev–Trinajstić information content (AvgIpc) is 3.33. The Balaban J connectivity index is 1.45. The number of rotatable bonds is 11. The van der Waals surface area contributed by atoms with Gasteiger partial charge in [0.1, 0.15) is 0 Å². The summed E-state index contributed by atoms with van der Waals surface area (Å²) in [5.41, 5.74) is 1.18. The first-order chi connectivity index (χ1) is 20.0. The predicted molar refractivity (Wildman–Crippen MR) is 173 cm³/mol. The van der Waals surface area contributed by atoms with Crippen molar-refractivity contribution in [1.82, 2.24) is 0 Å². The molecule has 0 radical (unpaired) electrons. The van der Waals surface area contributed by atoms with Crippen LogP contribution in [0, 0.1) is 17.8 Å². The van der Waals surface area contributed by atoms with E-state index in [2.05, 4.69) is 139 Å². The highest BCUT2D eigenvalue weighted by molar-refractivity contribution is 6.99. The molecule has 0 saturated carbocycles. The van der Waals surface area contributed by atoms with Gasteiger partial charge in [0.25, 0.3) is 8.32 Å². The Kier molecular flexibility index (Phi) is 9.46. The summed E-state index contributed by atoms with van der Waals surface area (Å²) in [7, 11) is -2.66. The first-order valence-corrected chi connectivity index (χ1v) is 17.7. The molecule has 2 heterocycles. The molecule has 0 spiro atoms. The lowest BCUT2D eigenvalue weighted by Gasteiger charge is -2.46. The molecule has 2 aliphatic rings. The van der Waals surface area contributed by atoms with Crippen LogP contribution < -0.4 is 10.4 Å². The largest absolute Gasteiger partial charge is 0.407 e. The van der Waals surface area contributed by atoms with Gasteiger partial charge in [0.15, 0.2) is 5.79 Å². The third-order valence-electron chi connectivity index (χ3n) is 9.64. The molecule has 226 valence electrons. The van der Waals surface area contributed by atoms with Crippen LogP contribution in [-0.2, 0) is 25.2 Å². The van der Waals surface area contributed by atoms with Gasteiger partial charge in [0.05, 0.1) is 24.9 Å². The minimum atomic E-state index is -2.66. The molecule has 42 heavy (non-hydrogen) atoms. The van der Waals surface area contributed by atoms with Crippen molar-refractivity contribution in [3.8, 4) is 0 Å². The monoisotopic (exact) mass is 586 g/mol. The Morgan fingerprint density at radius 2 is 1.40 bits per heavy atom. The number of fused-ring (bicyclic) bond motifs is 2. The van der Waals surface area contributed by atoms with E-state index in [0.717, 1.165) is 12.8 Å². The van der Waals surface area contributed by atoms with Crippen LogP contribution in [-0.4, -0.2) is 39.0 Å². The fourth-order valence-corrected chi connectivity index (χ4v) is 12.1. The number of benzene rings is 3. The maximum absolute atomic E-state index is 7.39. The Hall–Kier alpha value is -2.28. The normalized spacial score (nSPS) is 26.5.